The lowest BCUT2D eigenvalue weighted by Gasteiger charge is -2.06. The number of methoxy groups -OCH3 is 1. The first-order valence-electron chi connectivity index (χ1n) is 3.98. The summed E-state index contributed by atoms with van der Waals surface area (Å²) in [6.07, 6.45) is 2.58. The van der Waals surface area contributed by atoms with Gasteiger partial charge in [0.05, 0.1) is 11.6 Å². The fourth-order valence-electron chi connectivity index (χ4n) is 0.990. The fourth-order valence-corrected chi connectivity index (χ4v) is 2.28. The van der Waals surface area contributed by atoms with Crippen LogP contribution in [0.3, 0.4) is 0 Å². The highest BCUT2D eigenvalue weighted by Gasteiger charge is 2.05. The smallest absolute Gasteiger partial charge is 0.328 e. The number of carbonyl (C=O) groups is 1. The molecule has 1 N–H and O–H groups in total. The van der Waals surface area contributed by atoms with E-state index in [1.807, 2.05) is 0 Å². The number of rotatable bonds is 3. The van der Waals surface area contributed by atoms with E-state index in [4.69, 9.17) is 9.84 Å². The first kappa shape index (κ1) is 12.3. The first-order valence-corrected chi connectivity index (χ1v) is 5.57. The van der Waals surface area contributed by atoms with Crippen molar-refractivity contribution < 1.29 is 14.6 Å². The van der Waals surface area contributed by atoms with Crippen molar-refractivity contribution >= 4 is 43.9 Å². The van der Waals surface area contributed by atoms with E-state index in [1.54, 1.807) is 19.2 Å². The van der Waals surface area contributed by atoms with Gasteiger partial charge < -0.3 is 9.84 Å². The third kappa shape index (κ3) is 3.35. The van der Waals surface area contributed by atoms with Gasteiger partial charge >= 0.3 is 5.97 Å². The molecule has 0 amide bonds. The second-order valence-electron chi connectivity index (χ2n) is 2.68. The van der Waals surface area contributed by atoms with E-state index in [0.717, 1.165) is 20.6 Å². The minimum Gasteiger partial charge on any atom is -0.496 e. The summed E-state index contributed by atoms with van der Waals surface area (Å²) in [5.41, 5.74) is 0.748. The van der Waals surface area contributed by atoms with Crippen molar-refractivity contribution in [2.24, 2.45) is 0 Å². The molecule has 0 aliphatic rings. The lowest BCUT2D eigenvalue weighted by Crippen LogP contribution is -1.89. The number of hydrogen-bond acceptors (Lipinski definition) is 2. The van der Waals surface area contributed by atoms with E-state index >= 15 is 0 Å². The number of halogens is 2. The summed E-state index contributed by atoms with van der Waals surface area (Å²) in [6.45, 7) is 0. The van der Waals surface area contributed by atoms with Crippen molar-refractivity contribution in [1.82, 2.24) is 0 Å². The number of carboxylic acids is 1. The number of aliphatic carboxylic acids is 1. The maximum Gasteiger partial charge on any atom is 0.328 e. The zero-order valence-corrected chi connectivity index (χ0v) is 11.0. The number of benzene rings is 1. The molecule has 80 valence electrons. The van der Waals surface area contributed by atoms with Crippen LogP contribution in [0.5, 0.6) is 5.75 Å². The van der Waals surface area contributed by atoms with Crippen LogP contribution in [0, 0.1) is 0 Å². The summed E-state index contributed by atoms with van der Waals surface area (Å²) in [7, 11) is 1.55. The molecule has 3 nitrogen and oxygen atoms in total. The zero-order chi connectivity index (χ0) is 11.4. The van der Waals surface area contributed by atoms with Gasteiger partial charge in [-0.3, -0.25) is 0 Å². The summed E-state index contributed by atoms with van der Waals surface area (Å²) in [5.74, 6) is -0.327. The molecular weight excluding hydrogens is 328 g/mol. The highest BCUT2D eigenvalue weighted by Crippen LogP contribution is 2.31. The Kier molecular flexibility index (Phi) is 4.35. The molecule has 0 aliphatic carbocycles. The third-order valence-electron chi connectivity index (χ3n) is 1.68. The second kappa shape index (κ2) is 5.32. The van der Waals surface area contributed by atoms with Crippen LogP contribution in [-0.2, 0) is 4.79 Å². The molecule has 0 aliphatic heterocycles. The van der Waals surface area contributed by atoms with Gasteiger partial charge in [0.2, 0.25) is 0 Å². The van der Waals surface area contributed by atoms with Gasteiger partial charge in [-0.2, -0.15) is 0 Å². The summed E-state index contributed by atoms with van der Waals surface area (Å²) in [5, 5.41) is 8.50. The standard InChI is InChI=1S/C10H8Br2O3/c1-15-9-4-6(2-3-10(13)14)7(11)5-8(9)12/h2-5H,1H3,(H,13,14)/b3-2+. The minimum atomic E-state index is -0.983. The minimum absolute atomic E-state index is 0.656. The summed E-state index contributed by atoms with van der Waals surface area (Å²) in [4.78, 5) is 10.4. The Morgan fingerprint density at radius 2 is 2.07 bits per heavy atom. The molecule has 0 bridgehead atoms. The second-order valence-corrected chi connectivity index (χ2v) is 4.39. The quantitative estimate of drug-likeness (QED) is 0.862. The average molecular weight is 336 g/mol. The van der Waals surface area contributed by atoms with E-state index in [2.05, 4.69) is 31.9 Å². The maximum absolute atomic E-state index is 10.4. The van der Waals surface area contributed by atoms with E-state index in [9.17, 15) is 4.79 Å². The van der Waals surface area contributed by atoms with E-state index in [0.29, 0.717) is 5.75 Å². The van der Waals surface area contributed by atoms with Crippen molar-refractivity contribution in [2.75, 3.05) is 7.11 Å². The molecule has 0 saturated heterocycles. The molecule has 0 unspecified atom stereocenters. The topological polar surface area (TPSA) is 46.5 Å². The molecule has 15 heavy (non-hydrogen) atoms. The van der Waals surface area contributed by atoms with E-state index < -0.39 is 5.97 Å². The summed E-state index contributed by atoms with van der Waals surface area (Å²) >= 11 is 6.66. The molecule has 0 saturated carbocycles. The van der Waals surface area contributed by atoms with Gasteiger partial charge in [0.25, 0.3) is 0 Å². The van der Waals surface area contributed by atoms with Crippen LogP contribution in [0.25, 0.3) is 6.08 Å². The van der Waals surface area contributed by atoms with Crippen molar-refractivity contribution in [3.05, 3.63) is 32.7 Å². The Morgan fingerprint density at radius 1 is 1.40 bits per heavy atom. The van der Waals surface area contributed by atoms with Crippen LogP contribution in [0.15, 0.2) is 27.2 Å². The third-order valence-corrected chi connectivity index (χ3v) is 2.98. The van der Waals surface area contributed by atoms with Gasteiger partial charge in [0, 0.05) is 10.5 Å². The molecule has 5 heteroatoms. The van der Waals surface area contributed by atoms with Gasteiger partial charge in [0.15, 0.2) is 0 Å². The Morgan fingerprint density at radius 3 is 2.60 bits per heavy atom. The molecular formula is C10H8Br2O3. The molecule has 0 heterocycles. The Labute approximate surface area is 104 Å². The molecule has 0 atom stereocenters. The van der Waals surface area contributed by atoms with Crippen molar-refractivity contribution in [1.29, 1.82) is 0 Å². The molecule has 0 fully saturated rings. The van der Waals surface area contributed by atoms with Gasteiger partial charge in [-0.1, -0.05) is 15.9 Å². The van der Waals surface area contributed by atoms with Crippen LogP contribution < -0.4 is 4.74 Å². The summed E-state index contributed by atoms with van der Waals surface area (Å²) in [6, 6.07) is 3.55. The lowest BCUT2D eigenvalue weighted by molar-refractivity contribution is -0.131. The molecule has 1 aromatic carbocycles. The molecule has 1 aromatic rings. The number of carboxylic acid groups (broad SMARTS) is 1. The van der Waals surface area contributed by atoms with E-state index in [1.165, 1.54) is 6.08 Å². The molecule has 0 spiro atoms. The van der Waals surface area contributed by atoms with Crippen molar-refractivity contribution in [3.63, 3.8) is 0 Å². The van der Waals surface area contributed by atoms with Gasteiger partial charge in [-0.25, -0.2) is 4.79 Å². The molecule has 1 rings (SSSR count). The van der Waals surface area contributed by atoms with Crippen LogP contribution in [-0.4, -0.2) is 18.2 Å². The predicted molar refractivity (Wildman–Crippen MR) is 65.1 cm³/mol. The Bertz CT molecular complexity index is 413. The van der Waals surface area contributed by atoms with Crippen molar-refractivity contribution in [3.8, 4) is 5.75 Å². The van der Waals surface area contributed by atoms with Gasteiger partial charge in [-0.15, -0.1) is 0 Å². The highest BCUT2D eigenvalue weighted by atomic mass is 79.9. The molecule has 0 aromatic heterocycles. The monoisotopic (exact) mass is 334 g/mol. The maximum atomic E-state index is 10.4. The fraction of sp³-hybridized carbons (Fsp3) is 0.100. The van der Waals surface area contributed by atoms with Crippen LogP contribution in [0.2, 0.25) is 0 Å². The van der Waals surface area contributed by atoms with E-state index in [-0.39, 0.29) is 0 Å². The van der Waals surface area contributed by atoms with Crippen LogP contribution in [0.1, 0.15) is 5.56 Å². The number of ether oxygens (including phenoxy) is 1. The largest absolute Gasteiger partial charge is 0.496 e. The highest BCUT2D eigenvalue weighted by molar-refractivity contribution is 9.11. The van der Waals surface area contributed by atoms with Crippen LogP contribution in [0.4, 0.5) is 0 Å². The summed E-state index contributed by atoms with van der Waals surface area (Å²) < 4.78 is 6.71. The molecule has 0 radical (unpaired) electrons. The number of hydrogen-bond donors (Lipinski definition) is 1. The Hall–Kier alpha value is -0.810. The zero-order valence-electron chi connectivity index (χ0n) is 7.83. The normalized spacial score (nSPS) is 10.6. The lowest BCUT2D eigenvalue weighted by atomic mass is 10.2. The van der Waals surface area contributed by atoms with Gasteiger partial charge in [0.1, 0.15) is 5.75 Å². The SMILES string of the molecule is COc1cc(/C=C/C(=O)O)c(Br)cc1Br. The average Bonchev–Trinajstić information content (AvgIpc) is 2.16. The first-order chi connectivity index (χ1) is 7.04. The van der Waals surface area contributed by atoms with Crippen molar-refractivity contribution in [2.45, 2.75) is 0 Å². The predicted octanol–water partition coefficient (Wildman–Crippen LogP) is 3.32. The van der Waals surface area contributed by atoms with Crippen LogP contribution >= 0.6 is 31.9 Å². The van der Waals surface area contributed by atoms with Gasteiger partial charge in [-0.05, 0) is 39.7 Å². The Balaban J connectivity index is 3.13.